The van der Waals surface area contributed by atoms with Gasteiger partial charge in [0.05, 0.1) is 11.5 Å². The summed E-state index contributed by atoms with van der Waals surface area (Å²) in [4.78, 5) is 41.7. The average Bonchev–Trinajstić information content (AvgIpc) is 2.86. The monoisotopic (exact) mass is 359 g/mol. The molecule has 1 aromatic rings. The number of hydrogen-bond donors (Lipinski definition) is 1. The van der Waals surface area contributed by atoms with Crippen LogP contribution in [0.4, 0.5) is 0 Å². The number of hydrogen-bond acceptors (Lipinski definition) is 4. The van der Waals surface area contributed by atoms with E-state index in [9.17, 15) is 19.5 Å². The molecule has 1 N–H and O–H groups in total. The Bertz CT molecular complexity index is 718. The highest BCUT2D eigenvalue weighted by Gasteiger charge is 2.41. The Morgan fingerprint density at radius 3 is 2.62 bits per heavy atom. The van der Waals surface area contributed by atoms with E-state index in [-0.39, 0.29) is 30.3 Å². The number of rotatable bonds is 5. The minimum Gasteiger partial charge on any atom is -0.478 e. The number of fused-ring (bicyclic) bond motifs is 4. The number of nitrogens with zero attached hydrogens (tertiary/aromatic N) is 3. The van der Waals surface area contributed by atoms with Crippen molar-refractivity contribution in [1.82, 2.24) is 14.7 Å². The van der Waals surface area contributed by atoms with Crippen LogP contribution in [0, 0.1) is 5.92 Å². The lowest BCUT2D eigenvalue weighted by Crippen LogP contribution is -2.51. The van der Waals surface area contributed by atoms with Gasteiger partial charge in [-0.15, -0.1) is 0 Å². The lowest BCUT2D eigenvalue weighted by Gasteiger charge is -2.36. The highest BCUT2D eigenvalue weighted by atomic mass is 16.4. The first kappa shape index (κ1) is 18.4. The van der Waals surface area contributed by atoms with Crippen molar-refractivity contribution in [2.75, 3.05) is 33.7 Å². The SMILES string of the molecule is CN(C)C(=O)CN1C(=O)[C@@H]2CC[C@H]1CN(Cc1ccccc1C(=O)O)C2. The van der Waals surface area contributed by atoms with Gasteiger partial charge in [-0.25, -0.2) is 4.79 Å². The zero-order valence-corrected chi connectivity index (χ0v) is 15.2. The Balaban J connectivity index is 1.77. The molecule has 3 aliphatic rings. The minimum atomic E-state index is -0.937. The van der Waals surface area contributed by atoms with Crippen molar-refractivity contribution < 1.29 is 19.5 Å². The first-order valence-corrected chi connectivity index (χ1v) is 8.91. The molecule has 0 radical (unpaired) electrons. The smallest absolute Gasteiger partial charge is 0.336 e. The predicted octanol–water partition coefficient (Wildman–Crippen LogP) is 0.896. The van der Waals surface area contributed by atoms with E-state index in [2.05, 4.69) is 4.90 Å². The van der Waals surface area contributed by atoms with E-state index < -0.39 is 5.97 Å². The van der Waals surface area contributed by atoms with E-state index in [0.717, 1.165) is 18.4 Å². The summed E-state index contributed by atoms with van der Waals surface area (Å²) < 4.78 is 0. The van der Waals surface area contributed by atoms with Gasteiger partial charge in [0.25, 0.3) is 0 Å². The summed E-state index contributed by atoms with van der Waals surface area (Å²) in [5.74, 6) is -1.09. The molecule has 0 saturated carbocycles. The molecule has 7 nitrogen and oxygen atoms in total. The molecule has 2 bridgehead atoms. The van der Waals surface area contributed by atoms with Gasteiger partial charge in [-0.1, -0.05) is 18.2 Å². The van der Waals surface area contributed by atoms with E-state index >= 15 is 0 Å². The Labute approximate surface area is 153 Å². The van der Waals surface area contributed by atoms with E-state index in [1.165, 1.54) is 4.90 Å². The summed E-state index contributed by atoms with van der Waals surface area (Å²) in [5.41, 5.74) is 1.06. The maximum absolute atomic E-state index is 12.8. The molecular weight excluding hydrogens is 334 g/mol. The molecule has 1 aromatic carbocycles. The molecular formula is C19H25N3O4. The van der Waals surface area contributed by atoms with Gasteiger partial charge in [-0.2, -0.15) is 0 Å². The standard InChI is InChI=1S/C19H25N3O4/c1-20(2)17(23)12-22-15-8-7-14(18(22)24)10-21(11-15)9-13-5-3-4-6-16(13)19(25)26/h3-6,14-15H,7-12H2,1-2H3,(H,25,26)/t14-,15+/m1/s1. The summed E-state index contributed by atoms with van der Waals surface area (Å²) in [7, 11) is 3.38. The van der Waals surface area contributed by atoms with Crippen LogP contribution in [0.5, 0.6) is 0 Å². The number of amides is 2. The van der Waals surface area contributed by atoms with Crippen LogP contribution < -0.4 is 0 Å². The van der Waals surface area contributed by atoms with Gasteiger partial charge >= 0.3 is 5.97 Å². The molecule has 3 saturated heterocycles. The van der Waals surface area contributed by atoms with Crippen molar-refractivity contribution in [3.8, 4) is 0 Å². The second kappa shape index (κ2) is 7.45. The maximum Gasteiger partial charge on any atom is 0.336 e. The van der Waals surface area contributed by atoms with Gasteiger partial charge in [0.15, 0.2) is 0 Å². The quantitative estimate of drug-likeness (QED) is 0.845. The third-order valence-corrected chi connectivity index (χ3v) is 5.32. The first-order valence-electron chi connectivity index (χ1n) is 8.91. The van der Waals surface area contributed by atoms with Gasteiger partial charge in [0.2, 0.25) is 11.8 Å². The third kappa shape index (κ3) is 3.72. The molecule has 3 fully saturated rings. The molecule has 2 atom stereocenters. The Kier molecular flexibility index (Phi) is 5.27. The first-order chi connectivity index (χ1) is 12.4. The van der Waals surface area contributed by atoms with Crippen LogP contribution in [0.3, 0.4) is 0 Å². The summed E-state index contributed by atoms with van der Waals surface area (Å²) in [6, 6.07) is 6.99. The zero-order chi connectivity index (χ0) is 18.8. The van der Waals surface area contributed by atoms with Gasteiger partial charge in [0.1, 0.15) is 6.54 Å². The second-order valence-corrected chi connectivity index (χ2v) is 7.34. The van der Waals surface area contributed by atoms with Gasteiger partial charge in [-0.05, 0) is 24.5 Å². The van der Waals surface area contributed by atoms with Crippen molar-refractivity contribution in [1.29, 1.82) is 0 Å². The fourth-order valence-electron chi connectivity index (χ4n) is 3.86. The number of piperidine rings is 1. The molecule has 0 spiro atoms. The van der Waals surface area contributed by atoms with Crippen molar-refractivity contribution in [3.05, 3.63) is 35.4 Å². The Hall–Kier alpha value is -2.41. The van der Waals surface area contributed by atoms with E-state index in [4.69, 9.17) is 0 Å². The number of carboxylic acid groups (broad SMARTS) is 1. The summed E-state index contributed by atoms with van der Waals surface area (Å²) in [6.45, 7) is 1.89. The van der Waals surface area contributed by atoms with E-state index in [1.54, 1.807) is 31.1 Å². The normalized spacial score (nSPS) is 23.0. The highest BCUT2D eigenvalue weighted by molar-refractivity contribution is 5.89. The lowest BCUT2D eigenvalue weighted by atomic mass is 9.94. The van der Waals surface area contributed by atoms with Crippen LogP contribution in [-0.2, 0) is 16.1 Å². The number of likely N-dealkylation sites (N-methyl/N-ethyl adjacent to an activating group) is 1. The molecule has 0 unspecified atom stereocenters. The van der Waals surface area contributed by atoms with Gasteiger partial charge < -0.3 is 14.9 Å². The van der Waals surface area contributed by atoms with Crippen molar-refractivity contribution >= 4 is 17.8 Å². The van der Waals surface area contributed by atoms with Crippen molar-refractivity contribution in [2.45, 2.75) is 25.4 Å². The van der Waals surface area contributed by atoms with E-state index in [0.29, 0.717) is 25.2 Å². The van der Waals surface area contributed by atoms with Crippen LogP contribution in [-0.4, -0.2) is 77.4 Å². The Morgan fingerprint density at radius 2 is 1.92 bits per heavy atom. The molecule has 0 aliphatic carbocycles. The summed E-state index contributed by atoms with van der Waals surface area (Å²) in [6.07, 6.45) is 1.71. The molecule has 0 aromatic heterocycles. The van der Waals surface area contributed by atoms with Gasteiger partial charge in [-0.3, -0.25) is 14.5 Å². The molecule has 4 rings (SSSR count). The number of carbonyl (C=O) groups excluding carboxylic acids is 2. The number of carbonyl (C=O) groups is 3. The van der Waals surface area contributed by atoms with Crippen LogP contribution >= 0.6 is 0 Å². The van der Waals surface area contributed by atoms with Crippen LogP contribution in [0.2, 0.25) is 0 Å². The van der Waals surface area contributed by atoms with E-state index in [1.807, 2.05) is 12.1 Å². The summed E-state index contributed by atoms with van der Waals surface area (Å²) in [5, 5.41) is 9.38. The summed E-state index contributed by atoms with van der Waals surface area (Å²) >= 11 is 0. The molecule has 2 amide bonds. The van der Waals surface area contributed by atoms with Crippen LogP contribution in [0.1, 0.15) is 28.8 Å². The highest BCUT2D eigenvalue weighted by Crippen LogP contribution is 2.30. The number of benzene rings is 1. The second-order valence-electron chi connectivity index (χ2n) is 7.34. The average molecular weight is 359 g/mol. The van der Waals surface area contributed by atoms with Crippen molar-refractivity contribution in [3.63, 3.8) is 0 Å². The molecule has 140 valence electrons. The maximum atomic E-state index is 12.8. The fourth-order valence-corrected chi connectivity index (χ4v) is 3.86. The van der Waals surface area contributed by atoms with Crippen LogP contribution in [0.15, 0.2) is 24.3 Å². The molecule has 3 aliphatic heterocycles. The van der Waals surface area contributed by atoms with Crippen molar-refractivity contribution in [2.24, 2.45) is 5.92 Å². The predicted molar refractivity (Wildman–Crippen MR) is 95.6 cm³/mol. The topological polar surface area (TPSA) is 81.2 Å². The Morgan fingerprint density at radius 1 is 1.19 bits per heavy atom. The minimum absolute atomic E-state index is 0.00198. The lowest BCUT2D eigenvalue weighted by molar-refractivity contribution is -0.145. The number of carboxylic acids is 1. The largest absolute Gasteiger partial charge is 0.478 e. The number of aromatic carboxylic acids is 1. The molecule has 7 heteroatoms. The zero-order valence-electron chi connectivity index (χ0n) is 15.2. The van der Waals surface area contributed by atoms with Crippen LogP contribution in [0.25, 0.3) is 0 Å². The molecule has 3 heterocycles. The fraction of sp³-hybridized carbons (Fsp3) is 0.526. The molecule has 26 heavy (non-hydrogen) atoms. The van der Waals surface area contributed by atoms with Gasteiger partial charge in [0, 0.05) is 39.8 Å². The third-order valence-electron chi connectivity index (χ3n) is 5.32.